The van der Waals surface area contributed by atoms with E-state index in [1.54, 1.807) is 0 Å². The summed E-state index contributed by atoms with van der Waals surface area (Å²) < 4.78 is 23.5. The van der Waals surface area contributed by atoms with E-state index in [4.69, 9.17) is 4.99 Å². The number of halogens is 1. The number of piperazine rings is 1. The first-order valence-corrected chi connectivity index (χ1v) is 12.2. The molecule has 3 aliphatic rings. The maximum atomic E-state index is 12.4. The van der Waals surface area contributed by atoms with Crippen molar-refractivity contribution in [2.75, 3.05) is 44.2 Å². The molecule has 3 fully saturated rings. The van der Waals surface area contributed by atoms with Crippen molar-refractivity contribution in [3.05, 3.63) is 0 Å². The van der Waals surface area contributed by atoms with Gasteiger partial charge in [-0.1, -0.05) is 19.8 Å². The quantitative estimate of drug-likeness (QED) is 0.343. The second-order valence-electron chi connectivity index (χ2n) is 8.34. The lowest BCUT2D eigenvalue weighted by Gasteiger charge is -2.38. The number of likely N-dealkylation sites (N-methyl/N-ethyl adjacent to an activating group) is 1. The number of hydrogen-bond donors (Lipinski definition) is 1. The monoisotopic (exact) mass is 526 g/mol. The Hall–Kier alpha value is -0.580. The zero-order chi connectivity index (χ0) is 19.4. The number of hydrogen-bond acceptors (Lipinski definition) is 4. The van der Waals surface area contributed by atoms with Crippen molar-refractivity contribution in [2.24, 2.45) is 16.8 Å². The molecule has 0 aromatic rings. The van der Waals surface area contributed by atoms with E-state index in [0.29, 0.717) is 38.0 Å². The molecular weight excluding hydrogens is 491 g/mol. The van der Waals surface area contributed by atoms with Gasteiger partial charge in [-0.2, -0.15) is 0 Å². The first-order chi connectivity index (χ1) is 12.9. The van der Waals surface area contributed by atoms with Crippen molar-refractivity contribution in [2.45, 2.75) is 52.0 Å². The van der Waals surface area contributed by atoms with E-state index in [1.165, 1.54) is 19.3 Å². The van der Waals surface area contributed by atoms with Crippen LogP contribution < -0.4 is 5.32 Å². The molecule has 2 aliphatic heterocycles. The minimum Gasteiger partial charge on any atom is -0.353 e. The molecule has 2 saturated heterocycles. The Morgan fingerprint density at radius 2 is 1.96 bits per heavy atom. The van der Waals surface area contributed by atoms with Crippen molar-refractivity contribution in [3.8, 4) is 0 Å². The van der Waals surface area contributed by atoms with Crippen LogP contribution in [0, 0.1) is 11.8 Å². The van der Waals surface area contributed by atoms with Gasteiger partial charge in [0.2, 0.25) is 5.91 Å². The highest BCUT2D eigenvalue weighted by atomic mass is 127. The van der Waals surface area contributed by atoms with Gasteiger partial charge in [0.05, 0.1) is 18.1 Å². The number of amides is 1. The molecule has 3 unspecified atom stereocenters. The molecule has 1 saturated carbocycles. The number of carbonyl (C=O) groups is 1. The molecule has 3 rings (SSSR count). The topological polar surface area (TPSA) is 82.1 Å². The molecule has 1 N–H and O–H groups in total. The van der Waals surface area contributed by atoms with E-state index in [-0.39, 0.29) is 47.3 Å². The first kappa shape index (κ1) is 23.7. The zero-order valence-electron chi connectivity index (χ0n) is 17.1. The first-order valence-electron chi connectivity index (χ1n) is 10.4. The van der Waals surface area contributed by atoms with E-state index in [0.717, 1.165) is 25.5 Å². The summed E-state index contributed by atoms with van der Waals surface area (Å²) in [7, 11) is -2.89. The average Bonchev–Trinajstić information content (AvgIpc) is 2.99. The molecular formula is C19H35IN4O3S. The van der Waals surface area contributed by atoms with Crippen molar-refractivity contribution >= 4 is 45.7 Å². The Bertz CT molecular complexity index is 670. The van der Waals surface area contributed by atoms with E-state index in [9.17, 15) is 13.2 Å². The lowest BCUT2D eigenvalue weighted by atomic mass is 9.86. The number of sulfone groups is 1. The predicted molar refractivity (Wildman–Crippen MR) is 123 cm³/mol. The van der Waals surface area contributed by atoms with Gasteiger partial charge in [-0.25, -0.2) is 8.42 Å². The van der Waals surface area contributed by atoms with Crippen LogP contribution in [-0.2, 0) is 14.6 Å². The summed E-state index contributed by atoms with van der Waals surface area (Å²) in [5.74, 6) is 2.14. The van der Waals surface area contributed by atoms with Gasteiger partial charge < -0.3 is 15.1 Å². The number of aliphatic imine (C=N–C) groups is 1. The van der Waals surface area contributed by atoms with E-state index in [2.05, 4.69) is 17.1 Å². The van der Waals surface area contributed by atoms with Gasteiger partial charge in [-0.05, 0) is 38.0 Å². The van der Waals surface area contributed by atoms with E-state index in [1.807, 2.05) is 11.8 Å². The summed E-state index contributed by atoms with van der Waals surface area (Å²) in [4.78, 5) is 21.1. The molecule has 3 atom stereocenters. The molecule has 0 aromatic carbocycles. The number of carbonyl (C=O) groups excluding carboxylic acids is 1. The highest BCUT2D eigenvalue weighted by Gasteiger charge is 2.30. The van der Waals surface area contributed by atoms with Gasteiger partial charge in [-0.15, -0.1) is 24.0 Å². The highest BCUT2D eigenvalue weighted by molar-refractivity contribution is 14.0. The fourth-order valence-electron chi connectivity index (χ4n) is 4.39. The smallest absolute Gasteiger partial charge is 0.242 e. The van der Waals surface area contributed by atoms with Crippen LogP contribution in [-0.4, -0.2) is 80.4 Å². The zero-order valence-corrected chi connectivity index (χ0v) is 20.2. The fraction of sp³-hybridized carbons (Fsp3) is 0.895. The van der Waals surface area contributed by atoms with Gasteiger partial charge in [0.1, 0.15) is 0 Å². The van der Waals surface area contributed by atoms with Crippen LogP contribution in [0.1, 0.15) is 46.0 Å². The van der Waals surface area contributed by atoms with Crippen LogP contribution in [0.3, 0.4) is 0 Å². The van der Waals surface area contributed by atoms with Crippen LogP contribution >= 0.6 is 24.0 Å². The van der Waals surface area contributed by atoms with Crippen LogP contribution in [0.15, 0.2) is 4.99 Å². The standard InChI is InChI=1S/C19H34N4O3S.HI/c1-3-22-9-10-23(13-18(22)24)19(21-17-7-5-4-6-15(17)2)20-12-16-8-11-27(25,26)14-16;/h15-17H,3-14H2,1-2H3,(H,20,21);1H. The molecule has 162 valence electrons. The molecule has 0 bridgehead atoms. The maximum Gasteiger partial charge on any atom is 0.242 e. The van der Waals surface area contributed by atoms with E-state index >= 15 is 0 Å². The molecule has 0 radical (unpaired) electrons. The molecule has 1 amide bonds. The number of nitrogens with one attached hydrogen (secondary N) is 1. The third-order valence-corrected chi connectivity index (χ3v) is 8.09. The van der Waals surface area contributed by atoms with Crippen molar-refractivity contribution in [1.82, 2.24) is 15.1 Å². The SMILES string of the molecule is CCN1CCN(C(=NCC2CCS(=O)(=O)C2)NC2CCCCC2C)CC1=O.I. The van der Waals surface area contributed by atoms with Crippen LogP contribution in [0.4, 0.5) is 0 Å². The second kappa shape index (κ2) is 10.4. The lowest BCUT2D eigenvalue weighted by molar-refractivity contribution is -0.134. The molecule has 0 spiro atoms. The molecule has 28 heavy (non-hydrogen) atoms. The van der Waals surface area contributed by atoms with Gasteiger partial charge in [0, 0.05) is 32.2 Å². The minimum absolute atomic E-state index is 0. The third-order valence-electron chi connectivity index (χ3n) is 6.25. The van der Waals surface area contributed by atoms with Crippen LogP contribution in [0.2, 0.25) is 0 Å². The summed E-state index contributed by atoms with van der Waals surface area (Å²) in [6, 6.07) is 0.379. The maximum absolute atomic E-state index is 12.4. The summed E-state index contributed by atoms with van der Waals surface area (Å²) in [5, 5.41) is 3.63. The largest absolute Gasteiger partial charge is 0.353 e. The second-order valence-corrected chi connectivity index (χ2v) is 10.6. The van der Waals surface area contributed by atoms with Gasteiger partial charge in [0.15, 0.2) is 15.8 Å². The molecule has 7 nitrogen and oxygen atoms in total. The average molecular weight is 526 g/mol. The highest BCUT2D eigenvalue weighted by Crippen LogP contribution is 2.24. The Balaban J connectivity index is 0.00000280. The lowest BCUT2D eigenvalue weighted by Crippen LogP contribution is -2.57. The Kier molecular flexibility index (Phi) is 8.84. The van der Waals surface area contributed by atoms with Gasteiger partial charge in [-0.3, -0.25) is 9.79 Å². The fourth-order valence-corrected chi connectivity index (χ4v) is 6.24. The molecule has 2 heterocycles. The predicted octanol–water partition coefficient (Wildman–Crippen LogP) is 1.73. The summed E-state index contributed by atoms with van der Waals surface area (Å²) >= 11 is 0. The van der Waals surface area contributed by atoms with E-state index < -0.39 is 9.84 Å². The molecule has 9 heteroatoms. The van der Waals surface area contributed by atoms with Crippen molar-refractivity contribution in [3.63, 3.8) is 0 Å². The normalized spacial score (nSPS) is 30.9. The van der Waals surface area contributed by atoms with Gasteiger partial charge in [0.25, 0.3) is 0 Å². The Morgan fingerprint density at radius 1 is 1.21 bits per heavy atom. The van der Waals surface area contributed by atoms with Crippen LogP contribution in [0.5, 0.6) is 0 Å². The minimum atomic E-state index is -2.89. The number of rotatable bonds is 4. The number of guanidine groups is 1. The van der Waals surface area contributed by atoms with Crippen LogP contribution in [0.25, 0.3) is 0 Å². The molecule has 1 aliphatic carbocycles. The summed E-state index contributed by atoms with van der Waals surface area (Å²) in [6.07, 6.45) is 5.54. The Morgan fingerprint density at radius 3 is 2.57 bits per heavy atom. The van der Waals surface area contributed by atoms with Gasteiger partial charge >= 0.3 is 0 Å². The molecule has 0 aromatic heterocycles. The van der Waals surface area contributed by atoms with Crippen molar-refractivity contribution in [1.29, 1.82) is 0 Å². The summed E-state index contributed by atoms with van der Waals surface area (Å²) in [6.45, 7) is 7.38. The summed E-state index contributed by atoms with van der Waals surface area (Å²) in [5.41, 5.74) is 0. The third kappa shape index (κ3) is 6.21. The van der Waals surface area contributed by atoms with Crippen molar-refractivity contribution < 1.29 is 13.2 Å². The number of nitrogens with zero attached hydrogens (tertiary/aromatic N) is 3. The Labute approximate surface area is 186 Å².